The quantitative estimate of drug-likeness (QED) is 0.476. The fraction of sp³-hybridized carbons (Fsp3) is 0.0952. The summed E-state index contributed by atoms with van der Waals surface area (Å²) in [6.45, 7) is 3.45. The van der Waals surface area contributed by atoms with Crippen molar-refractivity contribution >= 4 is 53.3 Å². The van der Waals surface area contributed by atoms with Crippen LogP contribution in [0.25, 0.3) is 10.9 Å². The SMILES string of the molecule is CC(=O)N(c1ncc(C(=O)Nc2ccccc2C)[se]1)c1c[nH]c2ccccc12. The first kappa shape index (κ1) is 18.2. The zero-order valence-corrected chi connectivity index (χ0v) is 17.1. The van der Waals surface area contributed by atoms with Crippen molar-refractivity contribution < 1.29 is 9.59 Å². The molecule has 2 heterocycles. The minimum absolute atomic E-state index is 0.139. The van der Waals surface area contributed by atoms with Crippen molar-refractivity contribution in [3.8, 4) is 0 Å². The predicted octanol–water partition coefficient (Wildman–Crippen LogP) is 3.87. The molecule has 2 amide bonds. The van der Waals surface area contributed by atoms with Crippen molar-refractivity contribution in [1.82, 2.24) is 9.97 Å². The van der Waals surface area contributed by atoms with E-state index < -0.39 is 0 Å². The van der Waals surface area contributed by atoms with Gasteiger partial charge in [0.1, 0.15) is 0 Å². The summed E-state index contributed by atoms with van der Waals surface area (Å²) in [7, 11) is 0. The second-order valence-electron chi connectivity index (χ2n) is 6.35. The van der Waals surface area contributed by atoms with Crippen LogP contribution in [0.3, 0.4) is 0 Å². The van der Waals surface area contributed by atoms with Gasteiger partial charge in [0.05, 0.1) is 0 Å². The Balaban J connectivity index is 1.65. The van der Waals surface area contributed by atoms with Crippen LogP contribution in [0.4, 0.5) is 16.1 Å². The summed E-state index contributed by atoms with van der Waals surface area (Å²) >= 11 is -0.378. The van der Waals surface area contributed by atoms with Crippen molar-refractivity contribution in [2.24, 2.45) is 0 Å². The Hall–Kier alpha value is -3.15. The molecule has 0 saturated carbocycles. The predicted molar refractivity (Wildman–Crippen MR) is 111 cm³/mol. The molecule has 0 aliphatic heterocycles. The van der Waals surface area contributed by atoms with E-state index in [-0.39, 0.29) is 26.3 Å². The van der Waals surface area contributed by atoms with E-state index in [1.54, 1.807) is 17.3 Å². The molecule has 0 unspecified atom stereocenters. The van der Waals surface area contributed by atoms with Gasteiger partial charge in [-0.2, -0.15) is 0 Å². The zero-order valence-electron chi connectivity index (χ0n) is 15.4. The number of rotatable bonds is 4. The van der Waals surface area contributed by atoms with E-state index in [4.69, 9.17) is 0 Å². The second-order valence-corrected chi connectivity index (χ2v) is 8.47. The Kier molecular flexibility index (Phi) is 4.86. The Morgan fingerprint density at radius 3 is 2.64 bits per heavy atom. The van der Waals surface area contributed by atoms with Crippen LogP contribution in [0.2, 0.25) is 0 Å². The second kappa shape index (κ2) is 7.46. The fourth-order valence-electron chi connectivity index (χ4n) is 3.02. The molecule has 0 radical (unpaired) electrons. The summed E-state index contributed by atoms with van der Waals surface area (Å²) in [5, 5.41) is 3.87. The molecular weight excluding hydrogens is 419 g/mol. The van der Waals surface area contributed by atoms with Crippen LogP contribution >= 0.6 is 0 Å². The molecule has 2 N–H and O–H groups in total. The average molecular weight is 437 g/mol. The van der Waals surface area contributed by atoms with Crippen LogP contribution in [0.5, 0.6) is 0 Å². The monoisotopic (exact) mass is 438 g/mol. The number of H-pyrrole nitrogens is 1. The number of benzene rings is 2. The number of nitrogens with one attached hydrogen (secondary N) is 2. The van der Waals surface area contributed by atoms with Crippen molar-refractivity contribution in [3.63, 3.8) is 0 Å². The minimum atomic E-state index is -0.378. The number of hydrogen-bond acceptors (Lipinski definition) is 3. The number of aryl methyl sites for hydroxylation is 1. The molecule has 0 aliphatic rings. The van der Waals surface area contributed by atoms with E-state index in [2.05, 4.69) is 15.3 Å². The van der Waals surface area contributed by atoms with Crippen LogP contribution in [0.1, 0.15) is 21.7 Å². The first-order chi connectivity index (χ1) is 13.5. The maximum absolute atomic E-state index is 12.7. The number of para-hydroxylation sites is 2. The number of aromatic amines is 1. The number of carbonyl (C=O) groups excluding carboxylic acids is 2. The molecule has 7 heteroatoms. The average Bonchev–Trinajstić information content (AvgIpc) is 3.32. The first-order valence-electron chi connectivity index (χ1n) is 8.74. The van der Waals surface area contributed by atoms with Crippen LogP contribution in [-0.4, -0.2) is 36.3 Å². The van der Waals surface area contributed by atoms with Crippen LogP contribution in [0, 0.1) is 6.92 Å². The van der Waals surface area contributed by atoms with Gasteiger partial charge in [-0.3, -0.25) is 0 Å². The zero-order chi connectivity index (χ0) is 19.7. The van der Waals surface area contributed by atoms with Gasteiger partial charge in [0, 0.05) is 0 Å². The number of nitrogens with zero attached hydrogens (tertiary/aromatic N) is 2. The van der Waals surface area contributed by atoms with Gasteiger partial charge < -0.3 is 0 Å². The molecule has 4 rings (SSSR count). The summed E-state index contributed by atoms with van der Waals surface area (Å²) in [5.41, 5.74) is 3.46. The Bertz CT molecular complexity index is 1180. The maximum atomic E-state index is 12.7. The molecular formula is C21H18N4O2Se. The number of anilines is 3. The van der Waals surface area contributed by atoms with Gasteiger partial charge in [0.25, 0.3) is 0 Å². The van der Waals surface area contributed by atoms with Gasteiger partial charge in [-0.1, -0.05) is 0 Å². The molecule has 2 aromatic carbocycles. The van der Waals surface area contributed by atoms with Crippen molar-refractivity contribution in [1.29, 1.82) is 0 Å². The van der Waals surface area contributed by atoms with Crippen molar-refractivity contribution in [3.05, 3.63) is 70.9 Å². The van der Waals surface area contributed by atoms with Crippen LogP contribution in [-0.2, 0) is 4.79 Å². The van der Waals surface area contributed by atoms with Gasteiger partial charge >= 0.3 is 168 Å². The van der Waals surface area contributed by atoms with E-state index >= 15 is 0 Å². The molecule has 0 aliphatic carbocycles. The number of aromatic nitrogens is 2. The standard InChI is InChI=1S/C21H18N4O2Se/c1-13-7-3-5-9-16(13)24-20(27)19-12-23-21(28-19)25(14(2)26)18-11-22-17-10-6-4-8-15(17)18/h3-12,22H,1-2H3,(H,24,27). The van der Waals surface area contributed by atoms with E-state index in [0.717, 1.165) is 27.8 Å². The topological polar surface area (TPSA) is 78.1 Å². The molecule has 140 valence electrons. The molecule has 0 spiro atoms. The van der Waals surface area contributed by atoms with Gasteiger partial charge in [0.15, 0.2) is 0 Å². The van der Waals surface area contributed by atoms with E-state index in [0.29, 0.717) is 9.13 Å². The van der Waals surface area contributed by atoms with Gasteiger partial charge in [-0.05, 0) is 0 Å². The molecule has 6 nitrogen and oxygen atoms in total. The van der Waals surface area contributed by atoms with Crippen LogP contribution < -0.4 is 10.2 Å². The first-order valence-corrected chi connectivity index (χ1v) is 10.5. The summed E-state index contributed by atoms with van der Waals surface area (Å²) < 4.78 is 1.18. The molecule has 28 heavy (non-hydrogen) atoms. The Morgan fingerprint density at radius 1 is 1.11 bits per heavy atom. The third-order valence-corrected chi connectivity index (χ3v) is 6.48. The summed E-state index contributed by atoms with van der Waals surface area (Å²) in [4.78, 5) is 34.2. The number of hydrogen-bond donors (Lipinski definition) is 2. The summed E-state index contributed by atoms with van der Waals surface area (Å²) in [6.07, 6.45) is 3.36. The van der Waals surface area contributed by atoms with Crippen molar-refractivity contribution in [2.75, 3.05) is 10.2 Å². The summed E-state index contributed by atoms with van der Waals surface area (Å²) in [5.74, 6) is -0.324. The fourth-order valence-corrected chi connectivity index (χ4v) is 4.84. The summed E-state index contributed by atoms with van der Waals surface area (Å²) in [6, 6.07) is 15.4. The van der Waals surface area contributed by atoms with Crippen LogP contribution in [0.15, 0.2) is 60.9 Å². The Labute approximate surface area is 168 Å². The molecule has 0 atom stereocenters. The normalized spacial score (nSPS) is 10.8. The third kappa shape index (κ3) is 3.38. The number of carbonyl (C=O) groups is 2. The third-order valence-electron chi connectivity index (χ3n) is 4.43. The number of fused-ring (bicyclic) bond motifs is 1. The molecule has 0 saturated heterocycles. The van der Waals surface area contributed by atoms with E-state index in [1.165, 1.54) is 6.92 Å². The van der Waals surface area contributed by atoms with Gasteiger partial charge in [0.2, 0.25) is 0 Å². The number of amides is 2. The van der Waals surface area contributed by atoms with E-state index in [9.17, 15) is 9.59 Å². The van der Waals surface area contributed by atoms with E-state index in [1.807, 2.05) is 55.5 Å². The molecule has 4 aromatic rings. The molecule has 0 fully saturated rings. The molecule has 0 bridgehead atoms. The van der Waals surface area contributed by atoms with Gasteiger partial charge in [-0.15, -0.1) is 0 Å². The Morgan fingerprint density at radius 2 is 1.86 bits per heavy atom. The molecule has 2 aromatic heterocycles. The van der Waals surface area contributed by atoms with Crippen molar-refractivity contribution in [2.45, 2.75) is 13.8 Å². The van der Waals surface area contributed by atoms with Gasteiger partial charge in [-0.25, -0.2) is 0 Å².